The summed E-state index contributed by atoms with van der Waals surface area (Å²) in [6, 6.07) is 6.80. The molecule has 0 aromatic heterocycles. The molecule has 116 valence electrons. The van der Waals surface area contributed by atoms with Crippen LogP contribution in [0.4, 0.5) is 0 Å². The van der Waals surface area contributed by atoms with Crippen molar-refractivity contribution in [3.05, 3.63) is 29.8 Å². The highest BCUT2D eigenvalue weighted by Gasteiger charge is 2.20. The summed E-state index contributed by atoms with van der Waals surface area (Å²) in [7, 11) is 0. The van der Waals surface area contributed by atoms with E-state index in [0.29, 0.717) is 37.7 Å². The van der Waals surface area contributed by atoms with E-state index in [-0.39, 0.29) is 12.5 Å². The van der Waals surface area contributed by atoms with Crippen LogP contribution in [0, 0.1) is 0 Å². The first-order valence-corrected chi connectivity index (χ1v) is 6.90. The lowest BCUT2D eigenvalue weighted by atomic mass is 10.1. The Kier molecular flexibility index (Phi) is 7.25. The van der Waals surface area contributed by atoms with Gasteiger partial charge in [-0.05, 0) is 26.0 Å². The molecule has 21 heavy (non-hydrogen) atoms. The molecule has 0 fully saturated rings. The minimum absolute atomic E-state index is 0.318. The van der Waals surface area contributed by atoms with E-state index in [1.165, 1.54) is 4.90 Å². The monoisotopic (exact) mass is 295 g/mol. The molecule has 0 saturated heterocycles. The van der Waals surface area contributed by atoms with Crippen molar-refractivity contribution in [2.24, 2.45) is 0 Å². The first-order chi connectivity index (χ1) is 10.1. The summed E-state index contributed by atoms with van der Waals surface area (Å²) < 4.78 is 10.7. The Hall–Kier alpha value is -2.08. The molecule has 0 heterocycles. The number of likely N-dealkylation sites (N-methyl/N-ethyl adjacent to an activating group) is 1. The molecule has 0 saturated carbocycles. The largest absolute Gasteiger partial charge is 0.490 e. The van der Waals surface area contributed by atoms with Gasteiger partial charge in [0, 0.05) is 13.2 Å². The number of amides is 1. The van der Waals surface area contributed by atoms with Crippen LogP contribution in [0.1, 0.15) is 24.2 Å². The van der Waals surface area contributed by atoms with E-state index in [2.05, 4.69) is 0 Å². The van der Waals surface area contributed by atoms with Gasteiger partial charge in [0.05, 0.1) is 12.2 Å². The lowest BCUT2D eigenvalue weighted by Crippen LogP contribution is -2.35. The number of benzene rings is 1. The van der Waals surface area contributed by atoms with E-state index in [0.717, 1.165) is 0 Å². The smallest absolute Gasteiger partial charge is 0.323 e. The maximum atomic E-state index is 12.4. The fraction of sp³-hybridized carbons (Fsp3) is 0.467. The highest BCUT2D eigenvalue weighted by Crippen LogP contribution is 2.19. The number of para-hydroxylation sites is 1. The van der Waals surface area contributed by atoms with Crippen molar-refractivity contribution < 1.29 is 24.2 Å². The predicted octanol–water partition coefficient (Wildman–Crippen LogP) is 1.65. The molecule has 1 amide bonds. The van der Waals surface area contributed by atoms with Crippen LogP contribution in [0.5, 0.6) is 5.75 Å². The molecule has 0 bridgehead atoms. The number of hydrogen-bond donors (Lipinski definition) is 1. The van der Waals surface area contributed by atoms with Crippen LogP contribution in [0.15, 0.2) is 24.3 Å². The molecular formula is C15H21NO5. The molecule has 6 heteroatoms. The highest BCUT2D eigenvalue weighted by molar-refractivity contribution is 5.98. The van der Waals surface area contributed by atoms with Crippen molar-refractivity contribution in [2.45, 2.75) is 13.8 Å². The van der Waals surface area contributed by atoms with Gasteiger partial charge in [-0.3, -0.25) is 9.59 Å². The van der Waals surface area contributed by atoms with Gasteiger partial charge in [0.25, 0.3) is 5.91 Å². The maximum absolute atomic E-state index is 12.4. The zero-order valence-corrected chi connectivity index (χ0v) is 12.4. The number of aliphatic carboxylic acids is 1. The standard InChI is InChI=1S/C15H21NO5/c1-3-16(11-14(17)18)15(19)12-7-5-6-8-13(12)21-10-9-20-4-2/h5-8H,3-4,9-11H2,1-2H3,(H,17,18). The number of nitrogens with zero attached hydrogens (tertiary/aromatic N) is 1. The van der Waals surface area contributed by atoms with E-state index in [9.17, 15) is 9.59 Å². The Bertz CT molecular complexity index is 475. The van der Waals surface area contributed by atoms with Crippen LogP contribution >= 0.6 is 0 Å². The van der Waals surface area contributed by atoms with Crippen molar-refractivity contribution in [3.63, 3.8) is 0 Å². The Morgan fingerprint density at radius 3 is 2.52 bits per heavy atom. The van der Waals surface area contributed by atoms with Gasteiger partial charge in [-0.2, -0.15) is 0 Å². The van der Waals surface area contributed by atoms with Crippen LogP contribution < -0.4 is 4.74 Å². The highest BCUT2D eigenvalue weighted by atomic mass is 16.5. The van der Waals surface area contributed by atoms with Gasteiger partial charge in [-0.25, -0.2) is 0 Å². The Morgan fingerprint density at radius 1 is 1.19 bits per heavy atom. The molecule has 0 aliphatic carbocycles. The molecule has 0 aliphatic heterocycles. The zero-order valence-electron chi connectivity index (χ0n) is 12.4. The van der Waals surface area contributed by atoms with Gasteiger partial charge >= 0.3 is 5.97 Å². The lowest BCUT2D eigenvalue weighted by Gasteiger charge is -2.20. The fourth-order valence-electron chi connectivity index (χ4n) is 1.78. The van der Waals surface area contributed by atoms with Crippen molar-refractivity contribution in [1.29, 1.82) is 0 Å². The molecule has 6 nitrogen and oxygen atoms in total. The van der Waals surface area contributed by atoms with Crippen molar-refractivity contribution in [2.75, 3.05) is 32.9 Å². The number of rotatable bonds is 9. The third kappa shape index (κ3) is 5.43. The minimum Gasteiger partial charge on any atom is -0.490 e. The van der Waals surface area contributed by atoms with Gasteiger partial charge in [0.15, 0.2) is 0 Å². The van der Waals surface area contributed by atoms with Crippen molar-refractivity contribution in [1.82, 2.24) is 4.90 Å². The van der Waals surface area contributed by atoms with Gasteiger partial charge in [-0.1, -0.05) is 12.1 Å². The molecule has 0 aliphatic rings. The molecule has 0 radical (unpaired) electrons. The van der Waals surface area contributed by atoms with E-state index in [4.69, 9.17) is 14.6 Å². The molecule has 1 N–H and O–H groups in total. The molecule has 0 unspecified atom stereocenters. The van der Waals surface area contributed by atoms with E-state index < -0.39 is 5.97 Å². The molecule has 1 aromatic carbocycles. The van der Waals surface area contributed by atoms with E-state index in [1.807, 2.05) is 6.92 Å². The number of ether oxygens (including phenoxy) is 2. The second-order valence-corrected chi connectivity index (χ2v) is 4.25. The third-order valence-corrected chi connectivity index (χ3v) is 2.80. The summed E-state index contributed by atoms with van der Waals surface area (Å²) in [6.45, 7) is 4.99. The summed E-state index contributed by atoms with van der Waals surface area (Å²) in [4.78, 5) is 24.4. The van der Waals surface area contributed by atoms with Crippen LogP contribution in [0.3, 0.4) is 0 Å². The lowest BCUT2D eigenvalue weighted by molar-refractivity contribution is -0.137. The fourth-order valence-corrected chi connectivity index (χ4v) is 1.78. The van der Waals surface area contributed by atoms with Gasteiger partial charge < -0.3 is 19.5 Å². The third-order valence-electron chi connectivity index (χ3n) is 2.80. The number of carboxylic acids is 1. The molecular weight excluding hydrogens is 274 g/mol. The maximum Gasteiger partial charge on any atom is 0.323 e. The minimum atomic E-state index is -1.04. The molecule has 1 rings (SSSR count). The van der Waals surface area contributed by atoms with Gasteiger partial charge in [-0.15, -0.1) is 0 Å². The van der Waals surface area contributed by atoms with Crippen LogP contribution in [0.2, 0.25) is 0 Å². The first kappa shape index (κ1) is 17.0. The predicted molar refractivity (Wildman–Crippen MR) is 77.6 cm³/mol. The van der Waals surface area contributed by atoms with E-state index in [1.54, 1.807) is 31.2 Å². The summed E-state index contributed by atoms with van der Waals surface area (Å²) in [5.41, 5.74) is 0.358. The van der Waals surface area contributed by atoms with Gasteiger partial charge in [0.2, 0.25) is 0 Å². The quantitative estimate of drug-likeness (QED) is 0.701. The van der Waals surface area contributed by atoms with E-state index >= 15 is 0 Å². The topological polar surface area (TPSA) is 76.1 Å². The first-order valence-electron chi connectivity index (χ1n) is 6.90. The van der Waals surface area contributed by atoms with Crippen molar-refractivity contribution >= 4 is 11.9 Å². The summed E-state index contributed by atoms with van der Waals surface area (Å²) in [5, 5.41) is 8.84. The number of hydrogen-bond acceptors (Lipinski definition) is 4. The molecule has 0 spiro atoms. The summed E-state index contributed by atoms with van der Waals surface area (Å²) >= 11 is 0. The SMILES string of the molecule is CCOCCOc1ccccc1C(=O)N(CC)CC(=O)O. The normalized spacial score (nSPS) is 10.2. The van der Waals surface area contributed by atoms with Gasteiger partial charge in [0.1, 0.15) is 18.9 Å². The Morgan fingerprint density at radius 2 is 1.90 bits per heavy atom. The van der Waals surface area contributed by atoms with Crippen LogP contribution in [0.25, 0.3) is 0 Å². The molecule has 1 aromatic rings. The average Bonchev–Trinajstić information content (AvgIpc) is 2.48. The summed E-state index contributed by atoms with van der Waals surface area (Å²) in [6.07, 6.45) is 0. The van der Waals surface area contributed by atoms with Crippen LogP contribution in [-0.4, -0.2) is 54.8 Å². The zero-order chi connectivity index (χ0) is 15.7. The average molecular weight is 295 g/mol. The summed E-state index contributed by atoms with van der Waals surface area (Å²) in [5.74, 6) is -0.960. The van der Waals surface area contributed by atoms with Crippen LogP contribution in [-0.2, 0) is 9.53 Å². The Balaban J connectivity index is 2.80. The van der Waals surface area contributed by atoms with Crippen molar-refractivity contribution in [3.8, 4) is 5.75 Å². The second-order valence-electron chi connectivity index (χ2n) is 4.25. The Labute approximate surface area is 124 Å². The number of carboxylic acid groups (broad SMARTS) is 1. The number of carbonyl (C=O) groups is 2. The second kappa shape index (κ2) is 8.97. The number of carbonyl (C=O) groups excluding carboxylic acids is 1. The molecule has 0 atom stereocenters.